The van der Waals surface area contributed by atoms with Gasteiger partial charge in [0.25, 0.3) is 0 Å². The number of aryl methyl sites for hydroxylation is 3. The lowest BCUT2D eigenvalue weighted by Crippen LogP contribution is -2.30. The molecule has 1 heterocycles. The number of halogens is 1. The number of nitrogens with zero attached hydrogens (tertiary/aromatic N) is 2. The molecule has 2 N–H and O–H groups in total. The predicted molar refractivity (Wildman–Crippen MR) is 85.8 cm³/mol. The number of benzene rings is 1. The average molecular weight is 333 g/mol. The quantitative estimate of drug-likeness (QED) is 0.813. The molecule has 6 nitrogen and oxygen atoms in total. The van der Waals surface area contributed by atoms with Gasteiger partial charge in [0.1, 0.15) is 5.82 Å². The molecular formula is C17H20FN3O3. The van der Waals surface area contributed by atoms with Crippen LogP contribution in [0.15, 0.2) is 30.5 Å². The van der Waals surface area contributed by atoms with Gasteiger partial charge in [-0.1, -0.05) is 12.1 Å². The number of aliphatic carboxylic acids is 1. The Morgan fingerprint density at radius 1 is 1.33 bits per heavy atom. The zero-order chi connectivity index (χ0) is 17.7. The fourth-order valence-corrected chi connectivity index (χ4v) is 2.53. The van der Waals surface area contributed by atoms with Crippen molar-refractivity contribution >= 4 is 11.9 Å². The molecular weight excluding hydrogens is 313 g/mol. The summed E-state index contributed by atoms with van der Waals surface area (Å²) in [5.74, 6) is -1.70. The zero-order valence-corrected chi connectivity index (χ0v) is 13.6. The Hall–Kier alpha value is -2.70. The van der Waals surface area contributed by atoms with Crippen molar-refractivity contribution in [2.24, 2.45) is 7.05 Å². The maximum Gasteiger partial charge on any atom is 0.305 e. The van der Waals surface area contributed by atoms with E-state index in [0.717, 1.165) is 11.3 Å². The molecule has 0 bridgehead atoms. The lowest BCUT2D eigenvalue weighted by Gasteiger charge is -2.17. The van der Waals surface area contributed by atoms with E-state index in [9.17, 15) is 14.0 Å². The number of carboxylic acid groups (broad SMARTS) is 1. The van der Waals surface area contributed by atoms with Crippen LogP contribution in [0.4, 0.5) is 4.39 Å². The topological polar surface area (TPSA) is 84.2 Å². The molecule has 0 unspecified atom stereocenters. The van der Waals surface area contributed by atoms with Crippen LogP contribution in [-0.2, 0) is 23.1 Å². The largest absolute Gasteiger partial charge is 0.481 e. The van der Waals surface area contributed by atoms with Crippen LogP contribution in [-0.4, -0.2) is 26.8 Å². The fraction of sp³-hybridized carbons (Fsp3) is 0.353. The minimum Gasteiger partial charge on any atom is -0.481 e. The number of hydrogen-bond acceptors (Lipinski definition) is 3. The third kappa shape index (κ3) is 4.91. The first-order chi connectivity index (χ1) is 11.3. The third-order valence-electron chi connectivity index (χ3n) is 3.72. The summed E-state index contributed by atoms with van der Waals surface area (Å²) < 4.78 is 14.7. The van der Waals surface area contributed by atoms with Crippen molar-refractivity contribution in [3.63, 3.8) is 0 Å². The van der Waals surface area contributed by atoms with E-state index in [1.54, 1.807) is 4.68 Å². The summed E-state index contributed by atoms with van der Waals surface area (Å²) in [4.78, 5) is 23.2. The lowest BCUT2D eigenvalue weighted by atomic mass is 10.0. The molecule has 0 aliphatic carbocycles. The van der Waals surface area contributed by atoms with E-state index < -0.39 is 17.8 Å². The number of carbonyl (C=O) groups is 2. The molecule has 24 heavy (non-hydrogen) atoms. The number of carboxylic acids is 1. The second-order valence-corrected chi connectivity index (χ2v) is 5.68. The molecule has 1 amide bonds. The van der Waals surface area contributed by atoms with Gasteiger partial charge in [-0.2, -0.15) is 5.10 Å². The Morgan fingerprint density at radius 2 is 2.00 bits per heavy atom. The van der Waals surface area contributed by atoms with Crippen LogP contribution in [0.2, 0.25) is 0 Å². The Balaban J connectivity index is 2.00. The normalized spacial score (nSPS) is 12.0. The molecule has 0 aliphatic rings. The highest BCUT2D eigenvalue weighted by atomic mass is 19.1. The maximum absolute atomic E-state index is 13.0. The zero-order valence-electron chi connectivity index (χ0n) is 13.6. The smallest absolute Gasteiger partial charge is 0.305 e. The van der Waals surface area contributed by atoms with Gasteiger partial charge in [-0.25, -0.2) is 4.39 Å². The van der Waals surface area contributed by atoms with Gasteiger partial charge in [0.2, 0.25) is 5.91 Å². The fourth-order valence-electron chi connectivity index (χ4n) is 2.53. The second kappa shape index (κ2) is 7.72. The van der Waals surface area contributed by atoms with E-state index in [1.165, 1.54) is 24.3 Å². The minimum absolute atomic E-state index is 0.226. The molecule has 2 aromatic rings. The van der Waals surface area contributed by atoms with E-state index in [-0.39, 0.29) is 18.7 Å². The molecule has 1 aromatic carbocycles. The molecule has 0 saturated carbocycles. The van der Waals surface area contributed by atoms with E-state index in [1.807, 2.05) is 20.2 Å². The van der Waals surface area contributed by atoms with Gasteiger partial charge in [0.05, 0.1) is 18.2 Å². The molecule has 128 valence electrons. The monoisotopic (exact) mass is 333 g/mol. The van der Waals surface area contributed by atoms with Crippen molar-refractivity contribution in [3.05, 3.63) is 53.1 Å². The first-order valence-corrected chi connectivity index (χ1v) is 7.61. The highest BCUT2D eigenvalue weighted by Gasteiger charge is 2.18. The van der Waals surface area contributed by atoms with Gasteiger partial charge in [0, 0.05) is 19.7 Å². The van der Waals surface area contributed by atoms with Gasteiger partial charge in [0.15, 0.2) is 0 Å². The van der Waals surface area contributed by atoms with Crippen molar-refractivity contribution in [1.82, 2.24) is 15.1 Å². The van der Waals surface area contributed by atoms with Crippen LogP contribution in [0.25, 0.3) is 0 Å². The van der Waals surface area contributed by atoms with E-state index in [4.69, 9.17) is 5.11 Å². The SMILES string of the molecule is Cc1nn(C)cc1CCC(=O)N[C@H](CC(=O)O)c1ccc(F)cc1. The predicted octanol–water partition coefficient (Wildman–Crippen LogP) is 2.13. The molecule has 0 saturated heterocycles. The summed E-state index contributed by atoms with van der Waals surface area (Å²) >= 11 is 0. The first kappa shape index (κ1) is 17.7. The van der Waals surface area contributed by atoms with Gasteiger partial charge in [-0.15, -0.1) is 0 Å². The Morgan fingerprint density at radius 3 is 2.54 bits per heavy atom. The molecule has 1 atom stereocenters. The highest BCUT2D eigenvalue weighted by Crippen LogP contribution is 2.18. The van der Waals surface area contributed by atoms with Crippen molar-refractivity contribution < 1.29 is 19.1 Å². The highest BCUT2D eigenvalue weighted by molar-refractivity contribution is 5.78. The molecule has 0 radical (unpaired) electrons. The van der Waals surface area contributed by atoms with Crippen molar-refractivity contribution in [3.8, 4) is 0 Å². The van der Waals surface area contributed by atoms with E-state index in [2.05, 4.69) is 10.4 Å². The Bertz CT molecular complexity index is 725. The third-order valence-corrected chi connectivity index (χ3v) is 3.72. The van der Waals surface area contributed by atoms with Crippen LogP contribution in [0.3, 0.4) is 0 Å². The molecule has 0 aliphatic heterocycles. The first-order valence-electron chi connectivity index (χ1n) is 7.61. The summed E-state index contributed by atoms with van der Waals surface area (Å²) in [5.41, 5.74) is 2.40. The summed E-state index contributed by atoms with van der Waals surface area (Å²) in [5, 5.41) is 16.0. The number of carbonyl (C=O) groups excluding carboxylic acids is 1. The number of aromatic nitrogens is 2. The van der Waals surface area contributed by atoms with Crippen molar-refractivity contribution in [1.29, 1.82) is 0 Å². The van der Waals surface area contributed by atoms with Gasteiger partial charge in [-0.3, -0.25) is 14.3 Å². The summed E-state index contributed by atoms with van der Waals surface area (Å²) in [6.07, 6.45) is 2.35. The summed E-state index contributed by atoms with van der Waals surface area (Å²) in [7, 11) is 1.81. The molecule has 7 heteroatoms. The minimum atomic E-state index is -1.03. The van der Waals surface area contributed by atoms with Gasteiger partial charge in [-0.05, 0) is 36.6 Å². The number of hydrogen-bond donors (Lipinski definition) is 2. The Kier molecular flexibility index (Phi) is 5.68. The molecule has 0 fully saturated rings. The van der Waals surface area contributed by atoms with Crippen LogP contribution < -0.4 is 5.32 Å². The van der Waals surface area contributed by atoms with Gasteiger partial charge >= 0.3 is 5.97 Å². The lowest BCUT2D eigenvalue weighted by molar-refractivity contribution is -0.137. The maximum atomic E-state index is 13.0. The number of amides is 1. The molecule has 0 spiro atoms. The second-order valence-electron chi connectivity index (χ2n) is 5.68. The van der Waals surface area contributed by atoms with Crippen molar-refractivity contribution in [2.75, 3.05) is 0 Å². The average Bonchev–Trinajstić information content (AvgIpc) is 2.82. The molecule has 1 aromatic heterocycles. The molecule has 2 rings (SSSR count). The van der Waals surface area contributed by atoms with Crippen LogP contribution in [0.5, 0.6) is 0 Å². The number of rotatable bonds is 7. The standard InChI is InChI=1S/C17H20FN3O3/c1-11-13(10-21(2)20-11)5-8-16(22)19-15(9-17(23)24)12-3-6-14(18)7-4-12/h3-4,6-7,10,15H,5,8-9H2,1-2H3,(H,19,22)(H,23,24)/t15-/m1/s1. The summed E-state index contributed by atoms with van der Waals surface area (Å²) in [6.45, 7) is 1.87. The van der Waals surface area contributed by atoms with E-state index >= 15 is 0 Å². The van der Waals surface area contributed by atoms with E-state index in [0.29, 0.717) is 12.0 Å². The summed E-state index contributed by atoms with van der Waals surface area (Å²) in [6, 6.07) is 4.76. The van der Waals surface area contributed by atoms with Crippen LogP contribution in [0, 0.1) is 12.7 Å². The Labute approximate surface area is 139 Å². The van der Waals surface area contributed by atoms with Gasteiger partial charge < -0.3 is 10.4 Å². The van der Waals surface area contributed by atoms with Crippen LogP contribution >= 0.6 is 0 Å². The number of nitrogens with one attached hydrogen (secondary N) is 1. The van der Waals surface area contributed by atoms with Crippen LogP contribution in [0.1, 0.15) is 35.7 Å². The van der Waals surface area contributed by atoms with Crippen molar-refractivity contribution in [2.45, 2.75) is 32.2 Å².